The molecule has 1 N–H and O–H groups in total. The zero-order valence-corrected chi connectivity index (χ0v) is 14.7. The Morgan fingerprint density at radius 1 is 1.00 bits per heavy atom. The van der Waals surface area contributed by atoms with E-state index in [1.807, 2.05) is 13.8 Å². The number of nitrogens with zero attached hydrogens (tertiary/aromatic N) is 1. The molecule has 7 nitrogen and oxygen atoms in total. The molecular weight excluding hydrogens is 302 g/mol. The third kappa shape index (κ3) is 12.0. The van der Waals surface area contributed by atoms with Gasteiger partial charge in [-0.2, -0.15) is 0 Å². The zero-order valence-electron chi connectivity index (χ0n) is 14.7. The maximum absolute atomic E-state index is 11.1. The van der Waals surface area contributed by atoms with Crippen LogP contribution in [-0.4, -0.2) is 74.6 Å². The highest BCUT2D eigenvalue weighted by atomic mass is 16.5. The van der Waals surface area contributed by atoms with Crippen molar-refractivity contribution in [1.82, 2.24) is 4.90 Å². The summed E-state index contributed by atoms with van der Waals surface area (Å²) in [6.07, 6.45) is 0. The molecule has 1 saturated heterocycles. The van der Waals surface area contributed by atoms with Crippen molar-refractivity contribution in [2.24, 2.45) is 11.8 Å². The fourth-order valence-electron chi connectivity index (χ4n) is 1.58. The first-order valence-electron chi connectivity index (χ1n) is 8.12. The van der Waals surface area contributed by atoms with E-state index in [-0.39, 0.29) is 37.0 Å². The van der Waals surface area contributed by atoms with Crippen molar-refractivity contribution < 1.29 is 28.9 Å². The highest BCUT2D eigenvalue weighted by Crippen LogP contribution is 1.99. The number of hydrogen-bond donors (Lipinski definition) is 1. The first-order chi connectivity index (χ1) is 10.9. The summed E-state index contributed by atoms with van der Waals surface area (Å²) in [5.74, 6) is -0.501. The Hall–Kier alpha value is -1.18. The predicted molar refractivity (Wildman–Crippen MR) is 85.9 cm³/mol. The highest BCUT2D eigenvalue weighted by Gasteiger charge is 2.12. The number of aliphatic hydroxyl groups excluding tert-OH is 1. The summed E-state index contributed by atoms with van der Waals surface area (Å²) >= 11 is 0. The lowest BCUT2D eigenvalue weighted by Gasteiger charge is -2.26. The second-order valence-corrected chi connectivity index (χ2v) is 5.82. The number of carbonyl (C=O) groups is 2. The molecule has 0 bridgehead atoms. The summed E-state index contributed by atoms with van der Waals surface area (Å²) in [6.45, 7) is 12.0. The van der Waals surface area contributed by atoms with Gasteiger partial charge in [0, 0.05) is 19.6 Å². The Kier molecular flexibility index (Phi) is 12.6. The minimum atomic E-state index is -0.260. The number of morpholine rings is 1. The second-order valence-electron chi connectivity index (χ2n) is 5.82. The Morgan fingerprint density at radius 3 is 1.91 bits per heavy atom. The number of rotatable bonds is 7. The maximum atomic E-state index is 11.1. The summed E-state index contributed by atoms with van der Waals surface area (Å²) in [7, 11) is 0. The molecule has 23 heavy (non-hydrogen) atoms. The molecule has 1 rings (SSSR count). The second kappa shape index (κ2) is 13.3. The van der Waals surface area contributed by atoms with Crippen molar-refractivity contribution >= 4 is 11.9 Å². The zero-order chi connectivity index (χ0) is 17.7. The van der Waals surface area contributed by atoms with Gasteiger partial charge >= 0.3 is 11.9 Å². The smallest absolute Gasteiger partial charge is 0.308 e. The van der Waals surface area contributed by atoms with Gasteiger partial charge < -0.3 is 19.3 Å². The van der Waals surface area contributed by atoms with Crippen molar-refractivity contribution in [2.45, 2.75) is 27.7 Å². The lowest BCUT2D eigenvalue weighted by Crippen LogP contribution is -2.38. The molecule has 0 amide bonds. The van der Waals surface area contributed by atoms with Gasteiger partial charge in [0.25, 0.3) is 0 Å². The summed E-state index contributed by atoms with van der Waals surface area (Å²) in [5.41, 5.74) is 0. The third-order valence-corrected chi connectivity index (χ3v) is 3.03. The number of ether oxygens (including phenoxy) is 3. The molecule has 0 unspecified atom stereocenters. The minimum Gasteiger partial charge on any atom is -0.464 e. The van der Waals surface area contributed by atoms with Gasteiger partial charge in [-0.05, 0) is 0 Å². The summed E-state index contributed by atoms with van der Waals surface area (Å²) < 4.78 is 14.9. The largest absolute Gasteiger partial charge is 0.464 e. The Morgan fingerprint density at radius 2 is 1.48 bits per heavy atom. The van der Waals surface area contributed by atoms with E-state index in [1.165, 1.54) is 0 Å². The van der Waals surface area contributed by atoms with E-state index < -0.39 is 0 Å². The van der Waals surface area contributed by atoms with Crippen LogP contribution in [0.5, 0.6) is 0 Å². The maximum Gasteiger partial charge on any atom is 0.308 e. The molecule has 0 aromatic rings. The number of esters is 2. The van der Waals surface area contributed by atoms with Crippen LogP contribution in [-0.2, 0) is 23.8 Å². The van der Waals surface area contributed by atoms with Gasteiger partial charge in [-0.3, -0.25) is 14.5 Å². The first-order valence-corrected chi connectivity index (χ1v) is 8.12. The fraction of sp³-hybridized carbons (Fsp3) is 0.875. The summed E-state index contributed by atoms with van der Waals surface area (Å²) in [5, 5.41) is 8.22. The van der Waals surface area contributed by atoms with Crippen molar-refractivity contribution in [3.8, 4) is 0 Å². The van der Waals surface area contributed by atoms with Gasteiger partial charge in [0.05, 0.1) is 31.7 Å². The van der Waals surface area contributed by atoms with Crippen LogP contribution in [0.3, 0.4) is 0 Å². The van der Waals surface area contributed by atoms with Crippen LogP contribution in [0.1, 0.15) is 27.7 Å². The Labute approximate surface area is 138 Å². The molecule has 1 aliphatic rings. The molecule has 0 atom stereocenters. The van der Waals surface area contributed by atoms with E-state index in [0.717, 1.165) is 32.8 Å². The van der Waals surface area contributed by atoms with E-state index in [0.29, 0.717) is 6.61 Å². The number of hydrogen-bond acceptors (Lipinski definition) is 7. The van der Waals surface area contributed by atoms with Crippen LogP contribution >= 0.6 is 0 Å². The van der Waals surface area contributed by atoms with E-state index in [9.17, 15) is 9.59 Å². The molecule has 1 aliphatic heterocycles. The SMILES string of the molecule is CC(C)C(=O)OCCN1CCOCC1.CC(C)C(=O)OCCO. The van der Waals surface area contributed by atoms with Gasteiger partial charge in [-0.25, -0.2) is 0 Å². The van der Waals surface area contributed by atoms with Crippen LogP contribution in [0.4, 0.5) is 0 Å². The van der Waals surface area contributed by atoms with Crippen molar-refractivity contribution in [3.05, 3.63) is 0 Å². The number of carbonyl (C=O) groups excluding carboxylic acids is 2. The standard InChI is InChI=1S/C10H19NO3.C6H12O3/c1-9(2)10(12)14-8-5-11-3-6-13-7-4-11;1-5(2)6(8)9-4-3-7/h9H,3-8H2,1-2H3;5,7H,3-4H2,1-2H3. The molecule has 1 heterocycles. The van der Waals surface area contributed by atoms with Crippen molar-refractivity contribution in [2.75, 3.05) is 52.7 Å². The fourth-order valence-corrected chi connectivity index (χ4v) is 1.58. The van der Waals surface area contributed by atoms with Crippen LogP contribution in [0.2, 0.25) is 0 Å². The van der Waals surface area contributed by atoms with Gasteiger partial charge in [0.15, 0.2) is 0 Å². The molecule has 1 fully saturated rings. The monoisotopic (exact) mass is 333 g/mol. The molecule has 0 spiro atoms. The quantitative estimate of drug-likeness (QED) is 0.686. The molecule has 0 radical (unpaired) electrons. The first kappa shape index (κ1) is 21.8. The van der Waals surface area contributed by atoms with Gasteiger partial charge in [-0.1, -0.05) is 27.7 Å². The van der Waals surface area contributed by atoms with Crippen LogP contribution in [0.25, 0.3) is 0 Å². The molecule has 7 heteroatoms. The minimum absolute atomic E-state index is 0.0281. The van der Waals surface area contributed by atoms with E-state index >= 15 is 0 Å². The Balaban J connectivity index is 0.000000468. The van der Waals surface area contributed by atoms with Crippen LogP contribution in [0, 0.1) is 11.8 Å². The topological polar surface area (TPSA) is 85.3 Å². The lowest BCUT2D eigenvalue weighted by molar-refractivity contribution is -0.149. The highest BCUT2D eigenvalue weighted by molar-refractivity contribution is 5.71. The van der Waals surface area contributed by atoms with Crippen LogP contribution < -0.4 is 0 Å². The van der Waals surface area contributed by atoms with E-state index in [1.54, 1.807) is 13.8 Å². The molecule has 0 saturated carbocycles. The summed E-state index contributed by atoms with van der Waals surface area (Å²) in [4.78, 5) is 23.9. The molecule has 0 aromatic heterocycles. The molecular formula is C16H31NO6. The lowest BCUT2D eigenvalue weighted by atomic mass is 10.2. The van der Waals surface area contributed by atoms with E-state index in [2.05, 4.69) is 9.64 Å². The number of aliphatic hydroxyl groups is 1. The molecule has 136 valence electrons. The van der Waals surface area contributed by atoms with Gasteiger partial charge in [0.2, 0.25) is 0 Å². The van der Waals surface area contributed by atoms with Crippen LogP contribution in [0.15, 0.2) is 0 Å². The van der Waals surface area contributed by atoms with Crippen molar-refractivity contribution in [3.63, 3.8) is 0 Å². The summed E-state index contributed by atoms with van der Waals surface area (Å²) in [6, 6.07) is 0. The van der Waals surface area contributed by atoms with Crippen molar-refractivity contribution in [1.29, 1.82) is 0 Å². The Bertz CT molecular complexity index is 327. The average Bonchev–Trinajstić information content (AvgIpc) is 2.53. The third-order valence-electron chi connectivity index (χ3n) is 3.03. The van der Waals surface area contributed by atoms with Gasteiger partial charge in [-0.15, -0.1) is 0 Å². The molecule has 0 aromatic carbocycles. The normalized spacial score (nSPS) is 15.1. The average molecular weight is 333 g/mol. The predicted octanol–water partition coefficient (Wildman–Crippen LogP) is 0.696. The van der Waals surface area contributed by atoms with Gasteiger partial charge in [0.1, 0.15) is 13.2 Å². The van der Waals surface area contributed by atoms with E-state index in [4.69, 9.17) is 14.6 Å². The molecule has 0 aliphatic carbocycles.